The first-order valence-corrected chi connectivity index (χ1v) is 10.4. The molecule has 2 amide bonds. The van der Waals surface area contributed by atoms with Crippen LogP contribution in [0, 0.1) is 0 Å². The molecule has 0 heterocycles. The highest BCUT2D eigenvalue weighted by atomic mass is 35.5. The van der Waals surface area contributed by atoms with E-state index >= 15 is 0 Å². The zero-order valence-corrected chi connectivity index (χ0v) is 17.8. The minimum absolute atomic E-state index is 0.128. The number of hydrogen-bond acceptors (Lipinski definition) is 3. The molecule has 29 heavy (non-hydrogen) atoms. The van der Waals surface area contributed by atoms with Crippen LogP contribution in [0.2, 0.25) is 5.02 Å². The summed E-state index contributed by atoms with van der Waals surface area (Å²) in [5, 5.41) is 3.55. The van der Waals surface area contributed by atoms with Gasteiger partial charge in [-0.25, -0.2) is 0 Å². The van der Waals surface area contributed by atoms with Gasteiger partial charge in [0.2, 0.25) is 5.91 Å². The van der Waals surface area contributed by atoms with Gasteiger partial charge in [0, 0.05) is 18.1 Å². The van der Waals surface area contributed by atoms with Crippen LogP contribution in [0.1, 0.15) is 38.7 Å². The van der Waals surface area contributed by atoms with E-state index in [1.807, 2.05) is 37.3 Å². The fourth-order valence-electron chi connectivity index (χ4n) is 2.96. The molecule has 0 radical (unpaired) electrons. The molecule has 0 saturated heterocycles. The molecule has 2 rings (SSSR count). The van der Waals surface area contributed by atoms with Crippen molar-refractivity contribution in [1.82, 2.24) is 10.2 Å². The Hall–Kier alpha value is -2.53. The van der Waals surface area contributed by atoms with Gasteiger partial charge in [-0.2, -0.15) is 0 Å². The van der Waals surface area contributed by atoms with E-state index in [4.69, 9.17) is 16.3 Å². The summed E-state index contributed by atoms with van der Waals surface area (Å²) in [6, 6.07) is 16.0. The highest BCUT2D eigenvalue weighted by Gasteiger charge is 2.28. The molecule has 2 aromatic carbocycles. The Bertz CT molecular complexity index is 765. The van der Waals surface area contributed by atoms with E-state index in [9.17, 15) is 9.59 Å². The molecule has 0 aliphatic rings. The van der Waals surface area contributed by atoms with Crippen LogP contribution in [-0.2, 0) is 16.1 Å². The van der Waals surface area contributed by atoms with Gasteiger partial charge in [0.05, 0.1) is 0 Å². The normalized spacial score (nSPS) is 11.6. The summed E-state index contributed by atoms with van der Waals surface area (Å²) >= 11 is 5.89. The maximum absolute atomic E-state index is 13.0. The lowest BCUT2D eigenvalue weighted by atomic mass is 10.1. The molecule has 156 valence electrons. The standard InChI is InChI=1S/C23H29ClN2O3/c1-3-5-15-25-23(28)21(4-2)26(16-18-9-7-6-8-10-18)22(27)17-29-20-13-11-19(24)12-14-20/h6-14,21H,3-5,15-17H2,1-2H3,(H,25,28)/t21-/m1/s1. The van der Waals surface area contributed by atoms with Gasteiger partial charge in [-0.3, -0.25) is 9.59 Å². The molecule has 5 nitrogen and oxygen atoms in total. The molecule has 1 N–H and O–H groups in total. The van der Waals surface area contributed by atoms with E-state index in [0.717, 1.165) is 18.4 Å². The number of ether oxygens (including phenoxy) is 1. The summed E-state index contributed by atoms with van der Waals surface area (Å²) in [4.78, 5) is 27.4. The average molecular weight is 417 g/mol. The Morgan fingerprint density at radius 1 is 1.07 bits per heavy atom. The number of carbonyl (C=O) groups excluding carboxylic acids is 2. The monoisotopic (exact) mass is 416 g/mol. The Morgan fingerprint density at radius 3 is 2.38 bits per heavy atom. The molecule has 0 spiro atoms. The highest BCUT2D eigenvalue weighted by Crippen LogP contribution is 2.17. The molecule has 2 aromatic rings. The fourth-order valence-corrected chi connectivity index (χ4v) is 3.09. The zero-order valence-electron chi connectivity index (χ0n) is 17.1. The first-order valence-electron chi connectivity index (χ1n) is 10.0. The molecule has 0 fully saturated rings. The SMILES string of the molecule is CCCCNC(=O)[C@@H](CC)N(Cc1ccccc1)C(=O)COc1ccc(Cl)cc1. The number of benzene rings is 2. The molecular weight excluding hydrogens is 388 g/mol. The van der Waals surface area contributed by atoms with Gasteiger partial charge in [0.15, 0.2) is 6.61 Å². The number of halogens is 1. The summed E-state index contributed by atoms with van der Waals surface area (Å²) in [6.07, 6.45) is 2.44. The second kappa shape index (κ2) is 12.1. The van der Waals surface area contributed by atoms with Gasteiger partial charge >= 0.3 is 0 Å². The van der Waals surface area contributed by atoms with Gasteiger partial charge in [-0.1, -0.05) is 62.2 Å². The molecule has 0 aliphatic carbocycles. The molecule has 0 saturated carbocycles. The lowest BCUT2D eigenvalue weighted by Gasteiger charge is -2.30. The topological polar surface area (TPSA) is 58.6 Å². The molecule has 1 atom stereocenters. The smallest absolute Gasteiger partial charge is 0.261 e. The van der Waals surface area contributed by atoms with Gasteiger partial charge in [0.25, 0.3) is 5.91 Å². The maximum Gasteiger partial charge on any atom is 0.261 e. The summed E-state index contributed by atoms with van der Waals surface area (Å²) in [5.41, 5.74) is 0.965. The van der Waals surface area contributed by atoms with Crippen molar-refractivity contribution in [1.29, 1.82) is 0 Å². The van der Waals surface area contributed by atoms with Crippen molar-refractivity contribution in [2.24, 2.45) is 0 Å². The van der Waals surface area contributed by atoms with Crippen LogP contribution < -0.4 is 10.1 Å². The fraction of sp³-hybridized carbons (Fsp3) is 0.391. The molecule has 6 heteroatoms. The predicted molar refractivity (Wildman–Crippen MR) is 116 cm³/mol. The number of unbranched alkanes of at least 4 members (excludes halogenated alkanes) is 1. The lowest BCUT2D eigenvalue weighted by molar-refractivity contribution is -0.143. The van der Waals surface area contributed by atoms with E-state index in [0.29, 0.717) is 30.3 Å². The number of carbonyl (C=O) groups is 2. The first-order chi connectivity index (χ1) is 14.0. The summed E-state index contributed by atoms with van der Waals surface area (Å²) in [5.74, 6) is 0.195. The Morgan fingerprint density at radius 2 is 1.76 bits per heavy atom. The van der Waals surface area contributed by atoms with Crippen molar-refractivity contribution in [2.45, 2.75) is 45.7 Å². The summed E-state index contributed by atoms with van der Waals surface area (Å²) in [6.45, 7) is 4.80. The van der Waals surface area contributed by atoms with Crippen molar-refractivity contribution < 1.29 is 14.3 Å². The van der Waals surface area contributed by atoms with Crippen LogP contribution in [-0.4, -0.2) is 35.9 Å². The molecule has 0 aromatic heterocycles. The van der Waals surface area contributed by atoms with Crippen molar-refractivity contribution in [3.63, 3.8) is 0 Å². The van der Waals surface area contributed by atoms with Crippen LogP contribution in [0.25, 0.3) is 0 Å². The second-order valence-corrected chi connectivity index (χ2v) is 7.25. The summed E-state index contributed by atoms with van der Waals surface area (Å²) in [7, 11) is 0. The molecule has 0 unspecified atom stereocenters. The highest BCUT2D eigenvalue weighted by molar-refractivity contribution is 6.30. The van der Waals surface area contributed by atoms with E-state index < -0.39 is 6.04 Å². The lowest BCUT2D eigenvalue weighted by Crippen LogP contribution is -2.50. The number of hydrogen-bond donors (Lipinski definition) is 1. The first kappa shape index (κ1) is 22.8. The van der Waals surface area contributed by atoms with Crippen molar-refractivity contribution >= 4 is 23.4 Å². The molecular formula is C23H29ClN2O3. The minimum atomic E-state index is -0.548. The third-order valence-corrected chi connectivity index (χ3v) is 4.84. The third kappa shape index (κ3) is 7.42. The second-order valence-electron chi connectivity index (χ2n) is 6.82. The number of amides is 2. The summed E-state index contributed by atoms with van der Waals surface area (Å²) < 4.78 is 5.63. The van der Waals surface area contributed by atoms with Crippen LogP contribution in [0.5, 0.6) is 5.75 Å². The van der Waals surface area contributed by atoms with Gasteiger partial charge in [-0.15, -0.1) is 0 Å². The van der Waals surface area contributed by atoms with Crippen molar-refractivity contribution in [3.05, 3.63) is 65.2 Å². The molecule has 0 bridgehead atoms. The van der Waals surface area contributed by atoms with E-state index in [2.05, 4.69) is 12.2 Å². The Balaban J connectivity index is 2.12. The Kier molecular flexibility index (Phi) is 9.51. The van der Waals surface area contributed by atoms with Crippen molar-refractivity contribution in [2.75, 3.05) is 13.2 Å². The quantitative estimate of drug-likeness (QED) is 0.551. The van der Waals surface area contributed by atoms with Crippen LogP contribution >= 0.6 is 11.6 Å². The number of rotatable bonds is 11. The predicted octanol–water partition coefficient (Wildman–Crippen LogP) is 4.44. The van der Waals surface area contributed by atoms with Crippen LogP contribution in [0.4, 0.5) is 0 Å². The van der Waals surface area contributed by atoms with Gasteiger partial charge in [-0.05, 0) is 42.7 Å². The van der Waals surface area contributed by atoms with Gasteiger partial charge < -0.3 is 15.0 Å². The Labute approximate surface area is 178 Å². The number of nitrogens with one attached hydrogen (secondary N) is 1. The van der Waals surface area contributed by atoms with Crippen molar-refractivity contribution in [3.8, 4) is 5.75 Å². The third-order valence-electron chi connectivity index (χ3n) is 4.59. The minimum Gasteiger partial charge on any atom is -0.484 e. The van der Waals surface area contributed by atoms with E-state index in [1.165, 1.54) is 0 Å². The van der Waals surface area contributed by atoms with Crippen LogP contribution in [0.15, 0.2) is 54.6 Å². The zero-order chi connectivity index (χ0) is 21.1. The van der Waals surface area contributed by atoms with E-state index in [-0.39, 0.29) is 18.4 Å². The largest absolute Gasteiger partial charge is 0.484 e. The van der Waals surface area contributed by atoms with Gasteiger partial charge in [0.1, 0.15) is 11.8 Å². The maximum atomic E-state index is 13.0. The average Bonchev–Trinajstić information content (AvgIpc) is 2.74. The van der Waals surface area contributed by atoms with Crippen LogP contribution in [0.3, 0.4) is 0 Å². The van der Waals surface area contributed by atoms with E-state index in [1.54, 1.807) is 29.2 Å². The molecule has 0 aliphatic heterocycles. The number of nitrogens with zero attached hydrogens (tertiary/aromatic N) is 1.